The van der Waals surface area contributed by atoms with Gasteiger partial charge in [0.2, 0.25) is 0 Å². The number of esters is 1. The van der Waals surface area contributed by atoms with Crippen LogP contribution in [-0.2, 0) is 22.5 Å². The van der Waals surface area contributed by atoms with Crippen LogP contribution in [0.15, 0.2) is 97.2 Å². The molecule has 5 nitrogen and oxygen atoms in total. The minimum Gasteiger partial charge on any atom is -0.456 e. The predicted molar refractivity (Wildman–Crippen MR) is 159 cm³/mol. The summed E-state index contributed by atoms with van der Waals surface area (Å²) in [5, 5.41) is 0. The molecule has 0 fully saturated rings. The van der Waals surface area contributed by atoms with E-state index in [1.165, 1.54) is 0 Å². The number of benzene rings is 3. The third kappa shape index (κ3) is 6.00. The van der Waals surface area contributed by atoms with Gasteiger partial charge in [0.05, 0.1) is 17.9 Å². The van der Waals surface area contributed by atoms with Crippen LogP contribution in [0.3, 0.4) is 0 Å². The topological polar surface area (TPSA) is 52.8 Å². The van der Waals surface area contributed by atoms with Crippen molar-refractivity contribution in [2.24, 2.45) is 0 Å². The van der Waals surface area contributed by atoms with E-state index >= 15 is 0 Å². The number of imidazole rings is 1. The molecular formula is C35H36N2O3. The number of aromatic nitrogens is 2. The SMILES string of the molecule is CCc1cn2c(COC(c3ccccc3)c3ccc(-c4ccccc4)c(C(=O)OC(C)(C)C)c3)ccc(C)c2n1. The summed E-state index contributed by atoms with van der Waals surface area (Å²) in [6, 6.07) is 30.2. The summed E-state index contributed by atoms with van der Waals surface area (Å²) < 4.78 is 14.6. The smallest absolute Gasteiger partial charge is 0.339 e. The standard InChI is InChI=1S/C35H36N2O3/c1-6-28-22-37-29(19-17-24(2)33(37)36-28)23-39-32(26-15-11-8-12-16-26)27-18-20-30(25-13-9-7-10-14-25)31(21-27)34(38)40-35(3,4)5/h7-22,32H,6,23H2,1-5H3. The van der Waals surface area contributed by atoms with Crippen molar-refractivity contribution in [2.45, 2.75) is 59.4 Å². The van der Waals surface area contributed by atoms with Gasteiger partial charge in [0.15, 0.2) is 0 Å². The van der Waals surface area contributed by atoms with E-state index in [-0.39, 0.29) is 5.97 Å². The molecule has 204 valence electrons. The second-order valence-electron chi connectivity index (χ2n) is 11.1. The van der Waals surface area contributed by atoms with Crippen molar-refractivity contribution in [3.8, 4) is 11.1 Å². The normalized spacial score (nSPS) is 12.4. The van der Waals surface area contributed by atoms with E-state index < -0.39 is 11.7 Å². The van der Waals surface area contributed by atoms with Crippen LogP contribution in [0.25, 0.3) is 16.8 Å². The molecule has 1 atom stereocenters. The zero-order valence-electron chi connectivity index (χ0n) is 23.8. The van der Waals surface area contributed by atoms with Gasteiger partial charge in [0.25, 0.3) is 0 Å². The first-order chi connectivity index (χ1) is 19.2. The van der Waals surface area contributed by atoms with Gasteiger partial charge in [-0.15, -0.1) is 0 Å². The number of nitrogens with zero attached hydrogens (tertiary/aromatic N) is 2. The van der Waals surface area contributed by atoms with Crippen molar-refractivity contribution < 1.29 is 14.3 Å². The number of aryl methyl sites for hydroxylation is 2. The summed E-state index contributed by atoms with van der Waals surface area (Å²) in [5.41, 5.74) is 7.73. The average Bonchev–Trinajstić information content (AvgIpc) is 3.40. The first-order valence-electron chi connectivity index (χ1n) is 13.8. The van der Waals surface area contributed by atoms with Gasteiger partial charge in [-0.25, -0.2) is 9.78 Å². The van der Waals surface area contributed by atoms with E-state index in [2.05, 4.69) is 48.7 Å². The second-order valence-corrected chi connectivity index (χ2v) is 11.1. The fourth-order valence-electron chi connectivity index (χ4n) is 4.87. The van der Waals surface area contributed by atoms with Gasteiger partial charge >= 0.3 is 5.97 Å². The number of ether oxygens (including phenoxy) is 2. The van der Waals surface area contributed by atoms with Crippen LogP contribution in [0.2, 0.25) is 0 Å². The minimum absolute atomic E-state index is 0.356. The molecule has 5 rings (SSSR count). The number of fused-ring (bicyclic) bond motifs is 1. The molecule has 0 saturated carbocycles. The fraction of sp³-hybridized carbons (Fsp3) is 0.257. The molecular weight excluding hydrogens is 496 g/mol. The molecule has 0 saturated heterocycles. The van der Waals surface area contributed by atoms with Gasteiger partial charge < -0.3 is 13.9 Å². The number of carbonyl (C=O) groups excluding carboxylic acids is 1. The maximum atomic E-state index is 13.5. The zero-order chi connectivity index (χ0) is 28.3. The molecule has 0 spiro atoms. The Morgan fingerprint density at radius 2 is 1.60 bits per heavy atom. The van der Waals surface area contributed by atoms with E-state index in [0.29, 0.717) is 12.2 Å². The van der Waals surface area contributed by atoms with E-state index in [1.807, 2.05) is 87.5 Å². The van der Waals surface area contributed by atoms with Gasteiger partial charge in [0.1, 0.15) is 17.4 Å². The maximum Gasteiger partial charge on any atom is 0.339 e. The second kappa shape index (κ2) is 11.5. The quantitative estimate of drug-likeness (QED) is 0.189. The molecule has 0 amide bonds. The Labute approximate surface area is 236 Å². The van der Waals surface area contributed by atoms with Gasteiger partial charge in [0, 0.05) is 11.9 Å². The number of rotatable bonds is 8. The summed E-state index contributed by atoms with van der Waals surface area (Å²) in [6.07, 6.45) is 2.57. The molecule has 5 heteroatoms. The third-order valence-corrected chi connectivity index (χ3v) is 6.86. The molecule has 0 aliphatic carbocycles. The Balaban J connectivity index is 1.56. The van der Waals surface area contributed by atoms with E-state index in [1.54, 1.807) is 0 Å². The Morgan fingerprint density at radius 1 is 0.900 bits per heavy atom. The lowest BCUT2D eigenvalue weighted by Gasteiger charge is -2.23. The summed E-state index contributed by atoms with van der Waals surface area (Å²) >= 11 is 0. The van der Waals surface area contributed by atoms with Gasteiger partial charge in [-0.2, -0.15) is 0 Å². The van der Waals surface area contributed by atoms with Crippen molar-refractivity contribution in [3.05, 3.63) is 131 Å². The number of hydrogen-bond acceptors (Lipinski definition) is 4. The Bertz CT molecular complexity index is 1620. The minimum atomic E-state index is -0.616. The first kappa shape index (κ1) is 27.4. The number of hydrogen-bond donors (Lipinski definition) is 0. The van der Waals surface area contributed by atoms with Crippen LogP contribution in [0, 0.1) is 6.92 Å². The number of carbonyl (C=O) groups is 1. The molecule has 3 aromatic carbocycles. The van der Waals surface area contributed by atoms with Gasteiger partial charge in [-0.1, -0.05) is 85.8 Å². The van der Waals surface area contributed by atoms with Crippen LogP contribution in [0.1, 0.15) is 72.2 Å². The Hall–Kier alpha value is -4.22. The predicted octanol–water partition coefficient (Wildman–Crippen LogP) is 8.13. The van der Waals surface area contributed by atoms with Crippen LogP contribution >= 0.6 is 0 Å². The maximum absolute atomic E-state index is 13.5. The lowest BCUT2D eigenvalue weighted by Crippen LogP contribution is -2.24. The summed E-state index contributed by atoms with van der Waals surface area (Å²) in [5.74, 6) is -0.356. The molecule has 40 heavy (non-hydrogen) atoms. The van der Waals surface area contributed by atoms with E-state index in [0.717, 1.165) is 51.3 Å². The number of pyridine rings is 1. The summed E-state index contributed by atoms with van der Waals surface area (Å²) in [4.78, 5) is 18.3. The highest BCUT2D eigenvalue weighted by Crippen LogP contribution is 2.33. The first-order valence-corrected chi connectivity index (χ1v) is 13.8. The highest BCUT2D eigenvalue weighted by atomic mass is 16.6. The highest BCUT2D eigenvalue weighted by Gasteiger charge is 2.24. The van der Waals surface area contributed by atoms with Crippen molar-refractivity contribution in [3.63, 3.8) is 0 Å². The largest absolute Gasteiger partial charge is 0.456 e. The molecule has 0 N–H and O–H groups in total. The lowest BCUT2D eigenvalue weighted by molar-refractivity contribution is 0.00698. The summed E-state index contributed by atoms with van der Waals surface area (Å²) in [6.45, 7) is 10.2. The van der Waals surface area contributed by atoms with Crippen molar-refractivity contribution in [2.75, 3.05) is 0 Å². The van der Waals surface area contributed by atoms with Crippen molar-refractivity contribution in [1.29, 1.82) is 0 Å². The van der Waals surface area contributed by atoms with Gasteiger partial charge in [-0.05, 0) is 74.1 Å². The monoisotopic (exact) mass is 532 g/mol. The van der Waals surface area contributed by atoms with E-state index in [4.69, 9.17) is 14.5 Å². The van der Waals surface area contributed by atoms with Crippen molar-refractivity contribution >= 4 is 11.6 Å². The van der Waals surface area contributed by atoms with Crippen LogP contribution in [-0.4, -0.2) is 21.0 Å². The average molecular weight is 533 g/mol. The molecule has 2 aromatic heterocycles. The molecule has 2 heterocycles. The lowest BCUT2D eigenvalue weighted by atomic mass is 9.93. The van der Waals surface area contributed by atoms with Crippen LogP contribution in [0.5, 0.6) is 0 Å². The highest BCUT2D eigenvalue weighted by molar-refractivity contribution is 5.97. The molecule has 0 bridgehead atoms. The van der Waals surface area contributed by atoms with Crippen molar-refractivity contribution in [1.82, 2.24) is 9.38 Å². The molecule has 0 aliphatic rings. The van der Waals surface area contributed by atoms with Crippen LogP contribution < -0.4 is 0 Å². The summed E-state index contributed by atoms with van der Waals surface area (Å²) in [7, 11) is 0. The van der Waals surface area contributed by atoms with Crippen LogP contribution in [0.4, 0.5) is 0 Å². The molecule has 5 aromatic rings. The molecule has 1 unspecified atom stereocenters. The fourth-order valence-corrected chi connectivity index (χ4v) is 4.87. The third-order valence-electron chi connectivity index (χ3n) is 6.86. The Kier molecular flexibility index (Phi) is 7.85. The van der Waals surface area contributed by atoms with E-state index in [9.17, 15) is 4.79 Å². The molecule has 0 aliphatic heterocycles. The molecule has 0 radical (unpaired) electrons. The Morgan fingerprint density at radius 3 is 2.27 bits per heavy atom. The zero-order valence-corrected chi connectivity index (χ0v) is 23.8. The van der Waals surface area contributed by atoms with Gasteiger partial charge in [-0.3, -0.25) is 0 Å².